The first kappa shape index (κ1) is 12.3. The van der Waals surface area contributed by atoms with E-state index in [0.29, 0.717) is 18.7 Å². The van der Waals surface area contributed by atoms with Crippen molar-refractivity contribution in [2.75, 3.05) is 0 Å². The number of rotatable bonds is 4. The second kappa shape index (κ2) is 5.08. The standard InChI is InChI=1S/C14H13N5O/c1-2-8-18-10-15-13-12(14(18)20)16-17-19(13)9-11-6-4-3-5-7-11/h2-7,10H,1,8-9H2. The fourth-order valence-corrected chi connectivity index (χ4v) is 2.02. The number of hydrogen-bond donors (Lipinski definition) is 0. The van der Waals surface area contributed by atoms with Crippen LogP contribution in [0.1, 0.15) is 5.56 Å². The van der Waals surface area contributed by atoms with Gasteiger partial charge >= 0.3 is 0 Å². The summed E-state index contributed by atoms with van der Waals surface area (Å²) in [5.74, 6) is 0. The third-order valence-electron chi connectivity index (χ3n) is 2.99. The molecule has 0 saturated heterocycles. The molecule has 0 amide bonds. The topological polar surface area (TPSA) is 65.6 Å². The van der Waals surface area contributed by atoms with Crippen molar-refractivity contribution >= 4 is 11.2 Å². The van der Waals surface area contributed by atoms with Crippen LogP contribution in [0.2, 0.25) is 0 Å². The normalized spacial score (nSPS) is 10.8. The molecule has 1 aromatic carbocycles. The summed E-state index contributed by atoms with van der Waals surface area (Å²) in [5, 5.41) is 7.96. The molecule has 0 aliphatic carbocycles. The Morgan fingerprint density at radius 1 is 1.25 bits per heavy atom. The Bertz CT molecular complexity index is 803. The number of allylic oxidation sites excluding steroid dienone is 1. The van der Waals surface area contributed by atoms with Gasteiger partial charge in [-0.2, -0.15) is 0 Å². The molecule has 0 unspecified atom stereocenters. The molecule has 6 heteroatoms. The molecule has 100 valence electrons. The Balaban J connectivity index is 2.04. The van der Waals surface area contributed by atoms with Crippen LogP contribution in [-0.2, 0) is 13.1 Å². The summed E-state index contributed by atoms with van der Waals surface area (Å²) in [4.78, 5) is 16.4. The monoisotopic (exact) mass is 267 g/mol. The van der Waals surface area contributed by atoms with Gasteiger partial charge in [0.25, 0.3) is 5.56 Å². The van der Waals surface area contributed by atoms with E-state index in [-0.39, 0.29) is 11.1 Å². The van der Waals surface area contributed by atoms with Crippen molar-refractivity contribution in [3.05, 3.63) is 65.2 Å². The van der Waals surface area contributed by atoms with Crippen LogP contribution in [-0.4, -0.2) is 24.5 Å². The van der Waals surface area contributed by atoms with E-state index in [9.17, 15) is 4.79 Å². The van der Waals surface area contributed by atoms with E-state index < -0.39 is 0 Å². The second-order valence-electron chi connectivity index (χ2n) is 4.40. The molecule has 0 N–H and O–H groups in total. The largest absolute Gasteiger partial charge is 0.293 e. The van der Waals surface area contributed by atoms with Gasteiger partial charge in [-0.1, -0.05) is 41.6 Å². The first-order valence-corrected chi connectivity index (χ1v) is 6.23. The molecular formula is C14H13N5O. The van der Waals surface area contributed by atoms with Gasteiger partial charge in [-0.3, -0.25) is 9.36 Å². The lowest BCUT2D eigenvalue weighted by atomic mass is 10.2. The van der Waals surface area contributed by atoms with Crippen molar-refractivity contribution in [3.63, 3.8) is 0 Å². The molecule has 2 heterocycles. The summed E-state index contributed by atoms with van der Waals surface area (Å²) in [6, 6.07) is 9.85. The van der Waals surface area contributed by atoms with Crippen LogP contribution in [0.3, 0.4) is 0 Å². The van der Waals surface area contributed by atoms with E-state index >= 15 is 0 Å². The summed E-state index contributed by atoms with van der Waals surface area (Å²) in [5.41, 5.74) is 1.66. The minimum absolute atomic E-state index is 0.200. The van der Waals surface area contributed by atoms with Gasteiger partial charge in [0, 0.05) is 6.54 Å². The van der Waals surface area contributed by atoms with Gasteiger partial charge in [0.1, 0.15) is 6.33 Å². The van der Waals surface area contributed by atoms with Crippen molar-refractivity contribution < 1.29 is 0 Å². The first-order chi connectivity index (χ1) is 9.79. The zero-order valence-corrected chi connectivity index (χ0v) is 10.8. The SMILES string of the molecule is C=CCn1cnc2c(nnn2Cc2ccccc2)c1=O. The highest BCUT2D eigenvalue weighted by molar-refractivity contribution is 5.67. The molecule has 3 rings (SSSR count). The van der Waals surface area contributed by atoms with Crippen molar-refractivity contribution in [3.8, 4) is 0 Å². The van der Waals surface area contributed by atoms with E-state index in [1.807, 2.05) is 30.3 Å². The summed E-state index contributed by atoms with van der Waals surface area (Å²) in [6.45, 7) is 4.56. The predicted molar refractivity (Wildman–Crippen MR) is 75.3 cm³/mol. The molecule has 6 nitrogen and oxygen atoms in total. The highest BCUT2D eigenvalue weighted by Gasteiger charge is 2.11. The first-order valence-electron chi connectivity index (χ1n) is 6.23. The number of benzene rings is 1. The van der Waals surface area contributed by atoms with Crippen LogP contribution in [0.5, 0.6) is 0 Å². The molecule has 0 saturated carbocycles. The van der Waals surface area contributed by atoms with E-state index in [0.717, 1.165) is 5.56 Å². The Morgan fingerprint density at radius 3 is 2.80 bits per heavy atom. The third-order valence-corrected chi connectivity index (χ3v) is 2.99. The van der Waals surface area contributed by atoms with E-state index in [4.69, 9.17) is 0 Å². The van der Waals surface area contributed by atoms with Gasteiger partial charge in [0.2, 0.25) is 0 Å². The second-order valence-corrected chi connectivity index (χ2v) is 4.40. The van der Waals surface area contributed by atoms with Gasteiger partial charge in [-0.15, -0.1) is 11.7 Å². The van der Waals surface area contributed by atoms with Crippen molar-refractivity contribution in [1.82, 2.24) is 24.5 Å². The summed E-state index contributed by atoms with van der Waals surface area (Å²) >= 11 is 0. The lowest BCUT2D eigenvalue weighted by Crippen LogP contribution is -2.20. The molecule has 0 aliphatic heterocycles. The molecule has 0 spiro atoms. The minimum Gasteiger partial charge on any atom is -0.293 e. The average molecular weight is 267 g/mol. The van der Waals surface area contributed by atoms with E-state index in [1.165, 1.54) is 10.9 Å². The lowest BCUT2D eigenvalue weighted by molar-refractivity contribution is 0.663. The van der Waals surface area contributed by atoms with Gasteiger partial charge in [-0.25, -0.2) is 9.67 Å². The molecule has 2 aromatic heterocycles. The van der Waals surface area contributed by atoms with E-state index in [2.05, 4.69) is 21.9 Å². The third kappa shape index (κ3) is 2.11. The fourth-order valence-electron chi connectivity index (χ4n) is 2.02. The van der Waals surface area contributed by atoms with Crippen LogP contribution >= 0.6 is 0 Å². The molecular weight excluding hydrogens is 254 g/mol. The Morgan fingerprint density at radius 2 is 2.05 bits per heavy atom. The molecule has 0 fully saturated rings. The lowest BCUT2D eigenvalue weighted by Gasteiger charge is -2.03. The maximum absolute atomic E-state index is 12.1. The van der Waals surface area contributed by atoms with Gasteiger partial charge in [0.05, 0.1) is 6.54 Å². The van der Waals surface area contributed by atoms with Gasteiger partial charge in [-0.05, 0) is 5.56 Å². The summed E-state index contributed by atoms with van der Waals surface area (Å²) < 4.78 is 3.08. The zero-order valence-electron chi connectivity index (χ0n) is 10.8. The summed E-state index contributed by atoms with van der Waals surface area (Å²) in [7, 11) is 0. The van der Waals surface area contributed by atoms with Crippen molar-refractivity contribution in [1.29, 1.82) is 0 Å². The van der Waals surface area contributed by atoms with Gasteiger partial charge in [0.15, 0.2) is 11.2 Å². The molecule has 20 heavy (non-hydrogen) atoms. The highest BCUT2D eigenvalue weighted by Crippen LogP contribution is 2.06. The minimum atomic E-state index is -0.200. The number of aromatic nitrogens is 5. The van der Waals surface area contributed by atoms with E-state index in [1.54, 1.807) is 10.8 Å². The molecule has 0 atom stereocenters. The average Bonchev–Trinajstić information content (AvgIpc) is 2.87. The maximum Gasteiger partial charge on any atom is 0.283 e. The molecule has 3 aromatic rings. The highest BCUT2D eigenvalue weighted by atomic mass is 16.1. The Hall–Kier alpha value is -2.76. The number of hydrogen-bond acceptors (Lipinski definition) is 4. The van der Waals surface area contributed by atoms with Crippen molar-refractivity contribution in [2.24, 2.45) is 0 Å². The van der Waals surface area contributed by atoms with Crippen LogP contribution in [0, 0.1) is 0 Å². The predicted octanol–water partition coefficient (Wildman–Crippen LogP) is 1.22. The van der Waals surface area contributed by atoms with Crippen molar-refractivity contribution in [2.45, 2.75) is 13.1 Å². The van der Waals surface area contributed by atoms with Crippen LogP contribution in [0.25, 0.3) is 11.2 Å². The zero-order chi connectivity index (χ0) is 13.9. The van der Waals surface area contributed by atoms with Crippen LogP contribution in [0.4, 0.5) is 0 Å². The smallest absolute Gasteiger partial charge is 0.283 e. The maximum atomic E-state index is 12.1. The Labute approximate surface area is 115 Å². The number of nitrogens with zero attached hydrogens (tertiary/aromatic N) is 5. The fraction of sp³-hybridized carbons (Fsp3) is 0.143. The molecule has 0 radical (unpaired) electrons. The molecule has 0 aliphatic rings. The number of fused-ring (bicyclic) bond motifs is 1. The summed E-state index contributed by atoms with van der Waals surface area (Å²) in [6.07, 6.45) is 3.14. The Kier molecular flexibility index (Phi) is 3.12. The van der Waals surface area contributed by atoms with Crippen LogP contribution < -0.4 is 5.56 Å². The van der Waals surface area contributed by atoms with Crippen LogP contribution in [0.15, 0.2) is 54.1 Å². The van der Waals surface area contributed by atoms with Gasteiger partial charge < -0.3 is 0 Å². The molecule has 0 bridgehead atoms. The quantitative estimate of drug-likeness (QED) is 0.667.